The maximum Gasteiger partial charge on any atom is 0.145 e. The molecule has 0 unspecified atom stereocenters. The number of nitrogens with zero attached hydrogens (tertiary/aromatic N) is 1. The standard InChI is InChI=1S/C13H17BrFNOS/c1-8-11(6-10(15)7-12(8)14)9(2)16-18(17)13(3,4)5/h6-7H,1-5H3/b16-9-/t18-/m0/s1. The lowest BCUT2D eigenvalue weighted by Gasteiger charge is -2.15. The van der Waals surface area contributed by atoms with E-state index in [1.54, 1.807) is 6.92 Å². The number of hydrogen-bond donors (Lipinski definition) is 0. The highest BCUT2D eigenvalue weighted by molar-refractivity contribution is 9.10. The topological polar surface area (TPSA) is 29.4 Å². The molecule has 0 saturated heterocycles. The summed E-state index contributed by atoms with van der Waals surface area (Å²) in [6.07, 6.45) is 0. The van der Waals surface area contributed by atoms with Gasteiger partial charge in [0.15, 0.2) is 0 Å². The maximum atomic E-state index is 13.4. The van der Waals surface area contributed by atoms with Crippen LogP contribution in [0.2, 0.25) is 0 Å². The zero-order chi connectivity index (χ0) is 14.1. The van der Waals surface area contributed by atoms with Gasteiger partial charge in [-0.05, 0) is 52.3 Å². The molecule has 0 aliphatic carbocycles. The second-order valence-corrected chi connectivity index (χ2v) is 7.86. The molecule has 0 saturated carbocycles. The molecule has 100 valence electrons. The minimum Gasteiger partial charge on any atom is -0.234 e. The molecule has 5 heteroatoms. The lowest BCUT2D eigenvalue weighted by Crippen LogP contribution is -2.20. The van der Waals surface area contributed by atoms with E-state index in [0.29, 0.717) is 15.7 Å². The van der Waals surface area contributed by atoms with Crippen LogP contribution in [0.4, 0.5) is 4.39 Å². The second-order valence-electron chi connectivity index (χ2n) is 5.10. The number of hydrogen-bond acceptors (Lipinski definition) is 1. The third-order valence-electron chi connectivity index (χ3n) is 2.44. The van der Waals surface area contributed by atoms with Crippen LogP contribution in [-0.2, 0) is 11.0 Å². The first-order chi connectivity index (χ1) is 8.12. The Morgan fingerprint density at radius 3 is 2.44 bits per heavy atom. The van der Waals surface area contributed by atoms with E-state index in [-0.39, 0.29) is 5.82 Å². The van der Waals surface area contributed by atoms with Gasteiger partial charge in [-0.15, -0.1) is 0 Å². The Balaban J connectivity index is 3.23. The molecule has 2 nitrogen and oxygen atoms in total. The SMILES string of the molecule is C/C(=N/[S@@](=O)C(C)(C)C)c1cc(F)cc(Br)c1C. The zero-order valence-electron chi connectivity index (χ0n) is 11.2. The van der Waals surface area contributed by atoms with Gasteiger partial charge in [-0.2, -0.15) is 4.40 Å². The van der Waals surface area contributed by atoms with E-state index in [0.717, 1.165) is 5.56 Å². The highest BCUT2D eigenvalue weighted by atomic mass is 79.9. The Kier molecular flexibility index (Phi) is 4.84. The quantitative estimate of drug-likeness (QED) is 0.747. The van der Waals surface area contributed by atoms with Crippen molar-refractivity contribution in [2.75, 3.05) is 0 Å². The second kappa shape index (κ2) is 5.61. The van der Waals surface area contributed by atoms with Gasteiger partial charge in [0.25, 0.3) is 0 Å². The molecule has 0 spiro atoms. The largest absolute Gasteiger partial charge is 0.234 e. The molecule has 18 heavy (non-hydrogen) atoms. The van der Waals surface area contributed by atoms with Gasteiger partial charge in [0, 0.05) is 10.0 Å². The molecular formula is C13H17BrFNOS. The predicted octanol–water partition coefficient (Wildman–Crippen LogP) is 4.17. The highest BCUT2D eigenvalue weighted by Gasteiger charge is 2.20. The van der Waals surface area contributed by atoms with Gasteiger partial charge >= 0.3 is 0 Å². The molecule has 1 rings (SSSR count). The first-order valence-electron chi connectivity index (χ1n) is 5.56. The van der Waals surface area contributed by atoms with Crippen molar-refractivity contribution in [2.24, 2.45) is 4.40 Å². The Bertz CT molecular complexity index is 520. The molecule has 1 aromatic carbocycles. The first kappa shape index (κ1) is 15.5. The fourth-order valence-corrected chi connectivity index (χ4v) is 2.39. The highest BCUT2D eigenvalue weighted by Crippen LogP contribution is 2.23. The smallest absolute Gasteiger partial charge is 0.145 e. The summed E-state index contributed by atoms with van der Waals surface area (Å²) in [4.78, 5) is 0. The molecule has 0 N–H and O–H groups in total. The van der Waals surface area contributed by atoms with Crippen LogP contribution in [0.15, 0.2) is 21.0 Å². The van der Waals surface area contributed by atoms with Crippen molar-refractivity contribution in [1.29, 1.82) is 0 Å². The molecule has 1 aromatic rings. The van der Waals surface area contributed by atoms with Crippen molar-refractivity contribution in [1.82, 2.24) is 0 Å². The maximum absolute atomic E-state index is 13.4. The summed E-state index contributed by atoms with van der Waals surface area (Å²) in [5, 5.41) is 0. The lowest BCUT2D eigenvalue weighted by molar-refractivity contribution is 0.626. The van der Waals surface area contributed by atoms with Gasteiger partial charge in [-0.25, -0.2) is 8.60 Å². The predicted molar refractivity (Wildman–Crippen MR) is 78.9 cm³/mol. The normalized spacial score (nSPS) is 14.7. The van der Waals surface area contributed by atoms with E-state index in [2.05, 4.69) is 20.3 Å². The Morgan fingerprint density at radius 2 is 1.94 bits per heavy atom. The van der Waals surface area contributed by atoms with Crippen LogP contribution >= 0.6 is 15.9 Å². The number of benzene rings is 1. The summed E-state index contributed by atoms with van der Waals surface area (Å²) in [6.45, 7) is 9.19. The third-order valence-corrected chi connectivity index (χ3v) is 4.75. The van der Waals surface area contributed by atoms with E-state index in [1.807, 2.05) is 27.7 Å². The average Bonchev–Trinajstić information content (AvgIpc) is 2.21. The molecule has 0 bridgehead atoms. The van der Waals surface area contributed by atoms with Crippen LogP contribution in [0.1, 0.15) is 38.8 Å². The third kappa shape index (κ3) is 3.72. The monoisotopic (exact) mass is 333 g/mol. The summed E-state index contributed by atoms with van der Waals surface area (Å²) >= 11 is 3.30. The molecule has 0 radical (unpaired) electrons. The molecular weight excluding hydrogens is 317 g/mol. The van der Waals surface area contributed by atoms with Crippen molar-refractivity contribution in [2.45, 2.75) is 39.4 Å². The molecule has 0 aliphatic rings. The van der Waals surface area contributed by atoms with Crippen LogP contribution in [0, 0.1) is 12.7 Å². The Labute approximate surface area is 118 Å². The fourth-order valence-electron chi connectivity index (χ4n) is 1.33. The molecule has 0 heterocycles. The van der Waals surface area contributed by atoms with Crippen molar-refractivity contribution in [3.05, 3.63) is 33.5 Å². The summed E-state index contributed by atoms with van der Waals surface area (Å²) in [7, 11) is -1.34. The van der Waals surface area contributed by atoms with Gasteiger partial charge in [0.2, 0.25) is 0 Å². The zero-order valence-corrected chi connectivity index (χ0v) is 13.6. The van der Waals surface area contributed by atoms with Gasteiger partial charge in [-0.3, -0.25) is 0 Å². The molecule has 0 fully saturated rings. The molecule has 1 atom stereocenters. The molecule has 0 aliphatic heterocycles. The minimum atomic E-state index is -1.34. The van der Waals surface area contributed by atoms with Gasteiger partial charge in [0.05, 0.1) is 10.5 Å². The summed E-state index contributed by atoms with van der Waals surface area (Å²) in [5.74, 6) is -0.335. The first-order valence-corrected chi connectivity index (χ1v) is 7.46. The van der Waals surface area contributed by atoms with E-state index in [1.165, 1.54) is 12.1 Å². The van der Waals surface area contributed by atoms with E-state index < -0.39 is 15.7 Å². The van der Waals surface area contributed by atoms with Gasteiger partial charge < -0.3 is 0 Å². The molecule has 0 amide bonds. The lowest BCUT2D eigenvalue weighted by atomic mass is 10.1. The fraction of sp³-hybridized carbons (Fsp3) is 0.462. The molecule has 0 aromatic heterocycles. The number of rotatable bonds is 2. The Morgan fingerprint density at radius 1 is 1.39 bits per heavy atom. The van der Waals surface area contributed by atoms with Crippen molar-refractivity contribution in [3.8, 4) is 0 Å². The van der Waals surface area contributed by atoms with E-state index in [9.17, 15) is 8.60 Å². The number of halogens is 2. The summed E-state index contributed by atoms with van der Waals surface area (Å²) in [5.41, 5.74) is 2.16. The Hall–Kier alpha value is -0.550. The van der Waals surface area contributed by atoms with Crippen molar-refractivity contribution >= 4 is 32.6 Å². The van der Waals surface area contributed by atoms with Crippen molar-refractivity contribution < 1.29 is 8.60 Å². The van der Waals surface area contributed by atoms with Crippen LogP contribution in [-0.4, -0.2) is 14.7 Å². The minimum absolute atomic E-state index is 0.335. The van der Waals surface area contributed by atoms with Crippen LogP contribution in [0.25, 0.3) is 0 Å². The van der Waals surface area contributed by atoms with Gasteiger partial charge in [0.1, 0.15) is 16.8 Å². The van der Waals surface area contributed by atoms with E-state index in [4.69, 9.17) is 0 Å². The summed E-state index contributed by atoms with van der Waals surface area (Å²) < 4.78 is 29.8. The summed E-state index contributed by atoms with van der Waals surface area (Å²) in [6, 6.07) is 2.83. The van der Waals surface area contributed by atoms with Crippen LogP contribution in [0.3, 0.4) is 0 Å². The van der Waals surface area contributed by atoms with Crippen LogP contribution < -0.4 is 0 Å². The van der Waals surface area contributed by atoms with E-state index >= 15 is 0 Å². The average molecular weight is 334 g/mol. The van der Waals surface area contributed by atoms with Crippen LogP contribution in [0.5, 0.6) is 0 Å². The van der Waals surface area contributed by atoms with Crippen molar-refractivity contribution in [3.63, 3.8) is 0 Å². The van der Waals surface area contributed by atoms with Gasteiger partial charge in [-0.1, -0.05) is 15.9 Å².